The number of nitrogens with one attached hydrogen (secondary N) is 2. The first-order valence-electron chi connectivity index (χ1n) is 9.26. The lowest BCUT2D eigenvalue weighted by atomic mass is 9.91. The zero-order valence-corrected chi connectivity index (χ0v) is 15.0. The molecule has 2 aromatic carbocycles. The Balaban J connectivity index is 1.54. The lowest BCUT2D eigenvalue weighted by Crippen LogP contribution is -2.27. The van der Waals surface area contributed by atoms with Crippen LogP contribution in [0.1, 0.15) is 46.1 Å². The number of methoxy groups -OCH3 is 1. The van der Waals surface area contributed by atoms with Crippen molar-refractivity contribution >= 4 is 16.9 Å². The number of aryl methyl sites for hydroxylation is 1. The summed E-state index contributed by atoms with van der Waals surface area (Å²) in [6, 6.07) is 16.7. The fourth-order valence-electron chi connectivity index (χ4n) is 3.95. The predicted octanol–water partition coefficient (Wildman–Crippen LogP) is 4.16. The first kappa shape index (κ1) is 16.9. The van der Waals surface area contributed by atoms with Crippen LogP contribution in [0.25, 0.3) is 10.9 Å². The standard InChI is InChI=1S/C22H24N2O2/c1-26-22(25)16-10-11-19-18(14-16)17-8-5-9-20(21(17)24-19)23-13-12-15-6-3-2-4-7-15/h2-4,6-7,10-11,14,20,23-24H,5,8-9,12-13H2,1H3. The molecular formula is C22H24N2O2. The minimum Gasteiger partial charge on any atom is -0.465 e. The molecule has 0 bridgehead atoms. The molecule has 3 aromatic rings. The van der Waals surface area contributed by atoms with E-state index in [0.29, 0.717) is 11.6 Å². The van der Waals surface area contributed by atoms with Crippen LogP contribution in [0.4, 0.5) is 0 Å². The Labute approximate surface area is 153 Å². The van der Waals surface area contributed by atoms with Gasteiger partial charge in [0, 0.05) is 22.6 Å². The lowest BCUT2D eigenvalue weighted by Gasteiger charge is -2.24. The Hall–Kier alpha value is -2.59. The van der Waals surface area contributed by atoms with Crippen LogP contribution in [0.15, 0.2) is 48.5 Å². The van der Waals surface area contributed by atoms with Crippen LogP contribution in [0.2, 0.25) is 0 Å². The van der Waals surface area contributed by atoms with Gasteiger partial charge in [-0.3, -0.25) is 0 Å². The SMILES string of the molecule is COC(=O)c1ccc2[nH]c3c(c2c1)CCCC3NCCc1ccccc1. The highest BCUT2D eigenvalue weighted by molar-refractivity contribution is 5.96. The quantitative estimate of drug-likeness (QED) is 0.681. The zero-order chi connectivity index (χ0) is 17.9. The van der Waals surface area contributed by atoms with E-state index in [1.165, 1.54) is 23.9 Å². The average molecular weight is 348 g/mol. The highest BCUT2D eigenvalue weighted by Gasteiger charge is 2.24. The molecule has 1 unspecified atom stereocenters. The van der Waals surface area contributed by atoms with Gasteiger partial charge in [-0.05, 0) is 61.6 Å². The molecule has 2 N–H and O–H groups in total. The summed E-state index contributed by atoms with van der Waals surface area (Å²) < 4.78 is 4.86. The number of ether oxygens (including phenoxy) is 1. The minimum atomic E-state index is -0.282. The van der Waals surface area contributed by atoms with E-state index >= 15 is 0 Å². The molecular weight excluding hydrogens is 324 g/mol. The van der Waals surface area contributed by atoms with E-state index in [1.54, 1.807) is 0 Å². The molecule has 1 aliphatic carbocycles. The van der Waals surface area contributed by atoms with E-state index in [2.05, 4.69) is 40.6 Å². The molecule has 4 nitrogen and oxygen atoms in total. The number of carbonyl (C=O) groups is 1. The van der Waals surface area contributed by atoms with E-state index in [-0.39, 0.29) is 5.97 Å². The summed E-state index contributed by atoms with van der Waals surface area (Å²) in [7, 11) is 1.42. The molecule has 4 rings (SSSR count). The van der Waals surface area contributed by atoms with Crippen LogP contribution in [0.5, 0.6) is 0 Å². The van der Waals surface area contributed by atoms with Crippen molar-refractivity contribution in [3.63, 3.8) is 0 Å². The summed E-state index contributed by atoms with van der Waals surface area (Å²) in [4.78, 5) is 15.4. The number of hydrogen-bond acceptors (Lipinski definition) is 3. The fourth-order valence-corrected chi connectivity index (χ4v) is 3.95. The van der Waals surface area contributed by atoms with Gasteiger partial charge in [-0.2, -0.15) is 0 Å². The van der Waals surface area contributed by atoms with Gasteiger partial charge in [0.2, 0.25) is 0 Å². The van der Waals surface area contributed by atoms with E-state index in [0.717, 1.165) is 43.1 Å². The molecule has 0 saturated heterocycles. The number of esters is 1. The number of rotatable bonds is 5. The number of carbonyl (C=O) groups excluding carboxylic acids is 1. The van der Waals surface area contributed by atoms with Crippen molar-refractivity contribution in [2.24, 2.45) is 0 Å². The molecule has 1 aliphatic rings. The van der Waals surface area contributed by atoms with Gasteiger partial charge in [-0.1, -0.05) is 30.3 Å². The first-order chi connectivity index (χ1) is 12.8. The van der Waals surface area contributed by atoms with E-state index in [1.807, 2.05) is 18.2 Å². The van der Waals surface area contributed by atoms with Crippen LogP contribution in [-0.2, 0) is 17.6 Å². The maximum absolute atomic E-state index is 11.8. The second-order valence-corrected chi connectivity index (χ2v) is 6.90. The summed E-state index contributed by atoms with van der Waals surface area (Å²) in [5.74, 6) is -0.282. The number of aromatic nitrogens is 1. The van der Waals surface area contributed by atoms with Crippen molar-refractivity contribution in [1.29, 1.82) is 0 Å². The van der Waals surface area contributed by atoms with Gasteiger partial charge in [0.1, 0.15) is 0 Å². The van der Waals surface area contributed by atoms with Crippen LogP contribution < -0.4 is 5.32 Å². The van der Waals surface area contributed by atoms with Crippen molar-refractivity contribution in [1.82, 2.24) is 10.3 Å². The van der Waals surface area contributed by atoms with Crippen LogP contribution in [0, 0.1) is 0 Å². The van der Waals surface area contributed by atoms with Crippen LogP contribution in [-0.4, -0.2) is 24.6 Å². The second kappa shape index (κ2) is 7.34. The Morgan fingerprint density at radius 1 is 1.23 bits per heavy atom. The highest BCUT2D eigenvalue weighted by atomic mass is 16.5. The summed E-state index contributed by atoms with van der Waals surface area (Å²) >= 11 is 0. The minimum absolute atomic E-state index is 0.282. The monoisotopic (exact) mass is 348 g/mol. The molecule has 0 aliphatic heterocycles. The third-order valence-corrected chi connectivity index (χ3v) is 5.28. The largest absolute Gasteiger partial charge is 0.465 e. The van der Waals surface area contributed by atoms with Crippen molar-refractivity contribution in [2.45, 2.75) is 31.7 Å². The smallest absolute Gasteiger partial charge is 0.337 e. The first-order valence-corrected chi connectivity index (χ1v) is 9.26. The fraction of sp³-hybridized carbons (Fsp3) is 0.318. The van der Waals surface area contributed by atoms with Gasteiger partial charge in [0.25, 0.3) is 0 Å². The number of benzene rings is 2. The Kier molecular flexibility index (Phi) is 4.76. The van der Waals surface area contributed by atoms with Gasteiger partial charge in [0.15, 0.2) is 0 Å². The molecule has 1 atom stereocenters. The third kappa shape index (κ3) is 3.25. The summed E-state index contributed by atoms with van der Waals surface area (Å²) in [5, 5.41) is 4.86. The molecule has 1 heterocycles. The predicted molar refractivity (Wildman–Crippen MR) is 103 cm³/mol. The summed E-state index contributed by atoms with van der Waals surface area (Å²) in [5.41, 5.74) is 5.69. The molecule has 4 heteroatoms. The maximum atomic E-state index is 11.8. The number of fused-ring (bicyclic) bond motifs is 3. The zero-order valence-electron chi connectivity index (χ0n) is 15.0. The van der Waals surface area contributed by atoms with E-state index in [9.17, 15) is 4.79 Å². The Bertz CT molecular complexity index is 915. The normalized spacial score (nSPS) is 16.4. The molecule has 134 valence electrons. The van der Waals surface area contributed by atoms with Gasteiger partial charge >= 0.3 is 5.97 Å². The summed E-state index contributed by atoms with van der Waals surface area (Å²) in [6.07, 6.45) is 4.38. The molecule has 0 fully saturated rings. The molecule has 0 radical (unpaired) electrons. The topological polar surface area (TPSA) is 54.1 Å². The van der Waals surface area contributed by atoms with Crippen molar-refractivity contribution < 1.29 is 9.53 Å². The molecule has 0 spiro atoms. The second-order valence-electron chi connectivity index (χ2n) is 6.90. The lowest BCUT2D eigenvalue weighted by molar-refractivity contribution is 0.0601. The van der Waals surface area contributed by atoms with Crippen molar-refractivity contribution in [3.05, 3.63) is 70.9 Å². The van der Waals surface area contributed by atoms with Gasteiger partial charge in [-0.15, -0.1) is 0 Å². The number of aromatic amines is 1. The van der Waals surface area contributed by atoms with Crippen LogP contribution >= 0.6 is 0 Å². The van der Waals surface area contributed by atoms with Gasteiger partial charge < -0.3 is 15.0 Å². The van der Waals surface area contributed by atoms with Crippen LogP contribution in [0.3, 0.4) is 0 Å². The van der Waals surface area contributed by atoms with Gasteiger partial charge in [-0.25, -0.2) is 4.79 Å². The number of hydrogen-bond donors (Lipinski definition) is 2. The Morgan fingerprint density at radius 3 is 2.88 bits per heavy atom. The molecule has 0 saturated carbocycles. The Morgan fingerprint density at radius 2 is 2.08 bits per heavy atom. The highest BCUT2D eigenvalue weighted by Crippen LogP contribution is 2.35. The van der Waals surface area contributed by atoms with E-state index < -0.39 is 0 Å². The van der Waals surface area contributed by atoms with Gasteiger partial charge in [0.05, 0.1) is 12.7 Å². The molecule has 1 aromatic heterocycles. The molecule has 0 amide bonds. The van der Waals surface area contributed by atoms with Crippen molar-refractivity contribution in [2.75, 3.05) is 13.7 Å². The van der Waals surface area contributed by atoms with E-state index in [4.69, 9.17) is 4.74 Å². The number of H-pyrrole nitrogens is 1. The average Bonchev–Trinajstić information content (AvgIpc) is 3.07. The maximum Gasteiger partial charge on any atom is 0.337 e. The summed E-state index contributed by atoms with van der Waals surface area (Å²) in [6.45, 7) is 0.955. The molecule has 26 heavy (non-hydrogen) atoms. The van der Waals surface area contributed by atoms with Crippen molar-refractivity contribution in [3.8, 4) is 0 Å². The third-order valence-electron chi connectivity index (χ3n) is 5.28.